The zero-order valence-corrected chi connectivity index (χ0v) is 12.3. The second-order valence-electron chi connectivity index (χ2n) is 6.81. The van der Waals surface area contributed by atoms with E-state index in [1.165, 1.54) is 44.3 Å². The molecular formula is C17H27NO. The summed E-state index contributed by atoms with van der Waals surface area (Å²) in [5, 5.41) is 3.69. The first-order valence-corrected chi connectivity index (χ1v) is 8.04. The van der Waals surface area contributed by atoms with Gasteiger partial charge in [0, 0.05) is 12.0 Å². The van der Waals surface area contributed by atoms with Crippen LogP contribution in [0.3, 0.4) is 0 Å². The van der Waals surface area contributed by atoms with Crippen LogP contribution in [0.15, 0.2) is 16.5 Å². The fraction of sp³-hybridized carbons (Fsp3) is 0.765. The predicted molar refractivity (Wildman–Crippen MR) is 78.1 cm³/mol. The van der Waals surface area contributed by atoms with Crippen LogP contribution in [0.5, 0.6) is 0 Å². The van der Waals surface area contributed by atoms with E-state index in [9.17, 15) is 0 Å². The minimum absolute atomic E-state index is 0.693. The van der Waals surface area contributed by atoms with Crippen molar-refractivity contribution < 1.29 is 4.42 Å². The molecule has 2 saturated carbocycles. The predicted octanol–water partition coefficient (Wildman–Crippen LogP) is 4.46. The number of hydrogen-bond donors (Lipinski definition) is 1. The van der Waals surface area contributed by atoms with Crippen molar-refractivity contribution >= 4 is 0 Å². The molecule has 0 bridgehead atoms. The highest BCUT2D eigenvalue weighted by Gasteiger charge is 2.36. The van der Waals surface area contributed by atoms with Gasteiger partial charge in [0.1, 0.15) is 11.5 Å². The van der Waals surface area contributed by atoms with Crippen molar-refractivity contribution in [3.05, 3.63) is 23.7 Å². The van der Waals surface area contributed by atoms with Gasteiger partial charge in [-0.25, -0.2) is 0 Å². The Morgan fingerprint density at radius 2 is 2.00 bits per heavy atom. The Labute approximate surface area is 117 Å². The van der Waals surface area contributed by atoms with E-state index in [1.54, 1.807) is 0 Å². The Morgan fingerprint density at radius 1 is 1.16 bits per heavy atom. The van der Waals surface area contributed by atoms with Gasteiger partial charge in [0.05, 0.1) is 6.54 Å². The molecular weight excluding hydrogens is 234 g/mol. The van der Waals surface area contributed by atoms with E-state index in [-0.39, 0.29) is 0 Å². The van der Waals surface area contributed by atoms with Crippen LogP contribution in [0.2, 0.25) is 0 Å². The lowest BCUT2D eigenvalue weighted by atomic mass is 10.0. The second-order valence-corrected chi connectivity index (χ2v) is 6.81. The number of nitrogens with one attached hydrogen (secondary N) is 1. The monoisotopic (exact) mass is 261 g/mol. The van der Waals surface area contributed by atoms with E-state index in [0.717, 1.165) is 24.1 Å². The van der Waals surface area contributed by atoms with Gasteiger partial charge in [-0.2, -0.15) is 0 Å². The van der Waals surface area contributed by atoms with Crippen LogP contribution in [-0.4, -0.2) is 6.04 Å². The van der Waals surface area contributed by atoms with E-state index in [1.807, 2.05) is 0 Å². The van der Waals surface area contributed by atoms with Gasteiger partial charge in [0.2, 0.25) is 0 Å². The summed E-state index contributed by atoms with van der Waals surface area (Å²) in [6.45, 7) is 5.59. The quantitative estimate of drug-likeness (QED) is 0.809. The maximum atomic E-state index is 5.96. The number of furan rings is 1. The molecule has 0 spiro atoms. The van der Waals surface area contributed by atoms with Gasteiger partial charge in [0.15, 0.2) is 0 Å². The van der Waals surface area contributed by atoms with Crippen LogP contribution in [0, 0.1) is 11.8 Å². The zero-order chi connectivity index (χ0) is 13.2. The maximum absolute atomic E-state index is 5.96. The third-order valence-electron chi connectivity index (χ3n) is 4.98. The van der Waals surface area contributed by atoms with Crippen molar-refractivity contribution in [3.8, 4) is 0 Å². The summed E-state index contributed by atoms with van der Waals surface area (Å²) in [6.07, 6.45) is 8.12. The average Bonchev–Trinajstić information content (AvgIpc) is 3.00. The van der Waals surface area contributed by atoms with E-state index in [2.05, 4.69) is 31.3 Å². The summed E-state index contributed by atoms with van der Waals surface area (Å²) in [4.78, 5) is 0. The molecule has 0 amide bonds. The van der Waals surface area contributed by atoms with Gasteiger partial charge in [-0.15, -0.1) is 0 Å². The normalized spacial score (nSPS) is 35.1. The summed E-state index contributed by atoms with van der Waals surface area (Å²) < 4.78 is 5.96. The summed E-state index contributed by atoms with van der Waals surface area (Å²) in [5.74, 6) is 4.77. The van der Waals surface area contributed by atoms with Crippen LogP contribution in [0.4, 0.5) is 0 Å². The molecule has 4 atom stereocenters. The fourth-order valence-electron chi connectivity index (χ4n) is 3.34. The second kappa shape index (κ2) is 5.70. The molecule has 1 N–H and O–H groups in total. The molecule has 0 aromatic carbocycles. The van der Waals surface area contributed by atoms with Gasteiger partial charge >= 0.3 is 0 Å². The van der Waals surface area contributed by atoms with Gasteiger partial charge in [-0.3, -0.25) is 0 Å². The zero-order valence-electron chi connectivity index (χ0n) is 12.3. The van der Waals surface area contributed by atoms with E-state index in [4.69, 9.17) is 4.42 Å². The molecule has 2 nitrogen and oxygen atoms in total. The maximum Gasteiger partial charge on any atom is 0.117 e. The number of hydrogen-bond acceptors (Lipinski definition) is 2. The van der Waals surface area contributed by atoms with Crippen molar-refractivity contribution in [2.24, 2.45) is 11.8 Å². The molecule has 2 fully saturated rings. The Kier molecular flexibility index (Phi) is 3.97. The highest BCUT2D eigenvalue weighted by Crippen LogP contribution is 2.47. The third kappa shape index (κ3) is 3.42. The third-order valence-corrected chi connectivity index (χ3v) is 4.98. The van der Waals surface area contributed by atoms with Crippen molar-refractivity contribution in [2.45, 2.75) is 70.9 Å². The van der Waals surface area contributed by atoms with Gasteiger partial charge in [-0.05, 0) is 49.7 Å². The van der Waals surface area contributed by atoms with Crippen molar-refractivity contribution in [2.75, 3.05) is 0 Å². The summed E-state index contributed by atoms with van der Waals surface area (Å²) in [6, 6.07) is 5.03. The van der Waals surface area contributed by atoms with Crippen molar-refractivity contribution in [3.63, 3.8) is 0 Å². The van der Waals surface area contributed by atoms with Crippen LogP contribution >= 0.6 is 0 Å². The molecule has 1 heterocycles. The first kappa shape index (κ1) is 13.2. The molecule has 0 aliphatic heterocycles. The Bertz CT molecular complexity index is 411. The highest BCUT2D eigenvalue weighted by atomic mass is 16.3. The van der Waals surface area contributed by atoms with Crippen molar-refractivity contribution in [1.82, 2.24) is 5.32 Å². The summed E-state index contributed by atoms with van der Waals surface area (Å²) >= 11 is 0. The van der Waals surface area contributed by atoms with Gasteiger partial charge in [0.25, 0.3) is 0 Å². The van der Waals surface area contributed by atoms with E-state index < -0.39 is 0 Å². The lowest BCUT2D eigenvalue weighted by Crippen LogP contribution is -2.27. The van der Waals surface area contributed by atoms with Crippen molar-refractivity contribution in [1.29, 1.82) is 0 Å². The highest BCUT2D eigenvalue weighted by molar-refractivity contribution is 5.17. The lowest BCUT2D eigenvalue weighted by Gasteiger charge is -2.15. The van der Waals surface area contributed by atoms with Crippen LogP contribution < -0.4 is 5.32 Å². The summed E-state index contributed by atoms with van der Waals surface area (Å²) in [5.41, 5.74) is 0. The Hall–Kier alpha value is -0.760. The SMILES string of the molecule is CC1CCCC(NCc2ccc(C3CC3C)o2)CC1. The fourth-order valence-corrected chi connectivity index (χ4v) is 3.34. The molecule has 0 radical (unpaired) electrons. The Balaban J connectivity index is 1.47. The molecule has 2 heteroatoms. The molecule has 106 valence electrons. The van der Waals surface area contributed by atoms with Crippen LogP contribution in [-0.2, 0) is 6.54 Å². The molecule has 2 aliphatic rings. The smallest absolute Gasteiger partial charge is 0.117 e. The topological polar surface area (TPSA) is 25.2 Å². The summed E-state index contributed by atoms with van der Waals surface area (Å²) in [7, 11) is 0. The largest absolute Gasteiger partial charge is 0.464 e. The molecule has 1 aromatic rings. The lowest BCUT2D eigenvalue weighted by molar-refractivity contribution is 0.398. The minimum atomic E-state index is 0.693. The molecule has 4 unspecified atom stereocenters. The minimum Gasteiger partial charge on any atom is -0.464 e. The molecule has 2 aliphatic carbocycles. The van der Waals surface area contributed by atoms with Gasteiger partial charge < -0.3 is 9.73 Å². The molecule has 0 saturated heterocycles. The van der Waals surface area contributed by atoms with Gasteiger partial charge in [-0.1, -0.05) is 26.7 Å². The molecule has 1 aromatic heterocycles. The van der Waals surface area contributed by atoms with E-state index >= 15 is 0 Å². The first-order valence-electron chi connectivity index (χ1n) is 8.04. The Morgan fingerprint density at radius 3 is 2.79 bits per heavy atom. The first-order chi connectivity index (χ1) is 9.22. The van der Waals surface area contributed by atoms with E-state index in [0.29, 0.717) is 12.0 Å². The van der Waals surface area contributed by atoms with Crippen LogP contribution in [0.25, 0.3) is 0 Å². The molecule has 3 rings (SSSR count). The molecule has 19 heavy (non-hydrogen) atoms. The average molecular weight is 261 g/mol. The standard InChI is InChI=1S/C17H27NO/c1-12-4-3-5-14(7-6-12)18-11-15-8-9-17(19-15)16-10-13(16)2/h8-9,12-14,16,18H,3-7,10-11H2,1-2H3. The number of rotatable bonds is 4. The van der Waals surface area contributed by atoms with Crippen LogP contribution in [0.1, 0.15) is 69.8 Å².